The Labute approximate surface area is 58.1 Å². The minimum absolute atomic E-state index is 0.667. The molecule has 0 aromatic heterocycles. The van der Waals surface area contributed by atoms with Gasteiger partial charge < -0.3 is 0 Å². The Morgan fingerprint density at radius 1 is 1.38 bits per heavy atom. The van der Waals surface area contributed by atoms with Gasteiger partial charge in [-0.05, 0) is 0 Å². The predicted molar refractivity (Wildman–Crippen MR) is 27.6 cm³/mol. The summed E-state index contributed by atoms with van der Waals surface area (Å²) >= 11 is -0.667. The third-order valence-corrected chi connectivity index (χ3v) is 3.95. The summed E-state index contributed by atoms with van der Waals surface area (Å²) in [6, 6.07) is 0. The fourth-order valence-corrected chi connectivity index (χ4v) is 2.98. The predicted octanol–water partition coefficient (Wildman–Crippen LogP) is 0.270. The Bertz CT molecular complexity index is 80.5. The van der Waals surface area contributed by atoms with E-state index in [4.69, 9.17) is 0 Å². The molecule has 1 rings (SSSR count). The number of carbonyl (C=O) groups excluding carboxylic acids is 1. The molecule has 0 amide bonds. The van der Waals surface area contributed by atoms with E-state index in [9.17, 15) is 4.79 Å². The molecule has 1 saturated heterocycles. The molecular formula is C5H9NOW. The first-order valence-corrected chi connectivity index (χ1v) is 5.79. The van der Waals surface area contributed by atoms with Crippen molar-refractivity contribution in [2.45, 2.75) is 12.8 Å². The Kier molecular flexibility index (Phi) is 2.71. The molecule has 0 N–H and O–H groups in total. The molecule has 0 spiro atoms. The van der Waals surface area contributed by atoms with Gasteiger partial charge in [0.25, 0.3) is 0 Å². The van der Waals surface area contributed by atoms with Gasteiger partial charge >= 0.3 is 57.7 Å². The van der Waals surface area contributed by atoms with E-state index in [1.807, 2.05) is 0 Å². The van der Waals surface area contributed by atoms with E-state index < -0.39 is 18.8 Å². The van der Waals surface area contributed by atoms with Crippen molar-refractivity contribution in [1.29, 1.82) is 0 Å². The van der Waals surface area contributed by atoms with Crippen molar-refractivity contribution >= 4 is 4.68 Å². The normalized spacial score (nSPS) is 21.5. The number of rotatable bonds is 2. The second-order valence-electron chi connectivity index (χ2n) is 1.84. The van der Waals surface area contributed by atoms with Crippen LogP contribution in [-0.2, 0) is 23.6 Å². The summed E-state index contributed by atoms with van der Waals surface area (Å²) < 4.78 is 3.48. The van der Waals surface area contributed by atoms with Crippen LogP contribution in [-0.4, -0.2) is 21.2 Å². The van der Waals surface area contributed by atoms with Gasteiger partial charge in [0.05, 0.1) is 0 Å². The molecular weight excluding hydrogens is 274 g/mol. The SMILES string of the molecule is O=[CH][W][N]1CCCC1. The molecule has 0 radical (unpaired) electrons. The molecule has 2 nitrogen and oxygen atoms in total. The molecule has 3 heteroatoms. The summed E-state index contributed by atoms with van der Waals surface area (Å²) in [5.41, 5.74) is 0. The van der Waals surface area contributed by atoms with Crippen LogP contribution in [0.15, 0.2) is 0 Å². The summed E-state index contributed by atoms with van der Waals surface area (Å²) in [6.45, 7) is 2.40. The average Bonchev–Trinajstić information content (AvgIpc) is 2.19. The second kappa shape index (κ2) is 3.36. The summed E-state index contributed by atoms with van der Waals surface area (Å²) in [5.74, 6) is 0. The van der Waals surface area contributed by atoms with Gasteiger partial charge in [-0.3, -0.25) is 0 Å². The van der Waals surface area contributed by atoms with Gasteiger partial charge in [0, 0.05) is 0 Å². The number of nitrogens with zero attached hydrogens (tertiary/aromatic N) is 1. The molecule has 1 heterocycles. The van der Waals surface area contributed by atoms with Crippen molar-refractivity contribution in [3.8, 4) is 0 Å². The minimum atomic E-state index is -0.667. The fourth-order valence-electron chi connectivity index (χ4n) is 0.854. The van der Waals surface area contributed by atoms with Crippen molar-refractivity contribution in [2.24, 2.45) is 0 Å². The Morgan fingerprint density at radius 3 is 2.50 bits per heavy atom. The number of hydrogen-bond donors (Lipinski definition) is 0. The molecule has 0 aromatic carbocycles. The van der Waals surface area contributed by atoms with Crippen LogP contribution in [0.4, 0.5) is 0 Å². The second-order valence-corrected chi connectivity index (χ2v) is 5.14. The van der Waals surface area contributed by atoms with Gasteiger partial charge in [0.2, 0.25) is 0 Å². The molecule has 1 aliphatic rings. The first kappa shape index (κ1) is 6.44. The van der Waals surface area contributed by atoms with E-state index >= 15 is 0 Å². The zero-order valence-electron chi connectivity index (χ0n) is 4.67. The van der Waals surface area contributed by atoms with Crippen LogP contribution in [0.25, 0.3) is 0 Å². The monoisotopic (exact) mass is 283 g/mol. The van der Waals surface area contributed by atoms with Crippen molar-refractivity contribution in [2.75, 3.05) is 13.1 Å². The number of carbonyl (C=O) groups is 1. The fraction of sp³-hybridized carbons (Fsp3) is 0.800. The zero-order valence-corrected chi connectivity index (χ0v) is 7.60. The van der Waals surface area contributed by atoms with Crippen LogP contribution in [0.2, 0.25) is 0 Å². The van der Waals surface area contributed by atoms with Crippen molar-refractivity contribution in [3.63, 3.8) is 0 Å². The molecule has 0 atom stereocenters. The van der Waals surface area contributed by atoms with E-state index in [0.29, 0.717) is 0 Å². The van der Waals surface area contributed by atoms with Crippen molar-refractivity contribution in [1.82, 2.24) is 3.46 Å². The summed E-state index contributed by atoms with van der Waals surface area (Å²) in [7, 11) is 0. The van der Waals surface area contributed by atoms with E-state index in [1.165, 1.54) is 25.9 Å². The Hall–Kier alpha value is 0.318. The summed E-state index contributed by atoms with van der Waals surface area (Å²) in [5, 5.41) is 0. The first-order chi connectivity index (χ1) is 3.93. The first-order valence-electron chi connectivity index (χ1n) is 2.79. The van der Waals surface area contributed by atoms with E-state index in [0.717, 1.165) is 4.68 Å². The van der Waals surface area contributed by atoms with E-state index in [2.05, 4.69) is 3.46 Å². The van der Waals surface area contributed by atoms with Gasteiger partial charge in [-0.2, -0.15) is 0 Å². The van der Waals surface area contributed by atoms with Crippen LogP contribution in [0.1, 0.15) is 12.8 Å². The van der Waals surface area contributed by atoms with E-state index in [-0.39, 0.29) is 0 Å². The average molecular weight is 283 g/mol. The maximum atomic E-state index is 9.99. The van der Waals surface area contributed by atoms with Crippen LogP contribution in [0.5, 0.6) is 0 Å². The topological polar surface area (TPSA) is 20.3 Å². The van der Waals surface area contributed by atoms with Crippen molar-refractivity contribution in [3.05, 3.63) is 0 Å². The Morgan fingerprint density at radius 2 is 2.00 bits per heavy atom. The third-order valence-electron chi connectivity index (χ3n) is 1.26. The molecule has 1 aliphatic heterocycles. The van der Waals surface area contributed by atoms with Gasteiger partial charge in [-0.1, -0.05) is 0 Å². The quantitative estimate of drug-likeness (QED) is 0.678. The van der Waals surface area contributed by atoms with Crippen LogP contribution in [0.3, 0.4) is 0 Å². The molecule has 0 aliphatic carbocycles. The molecule has 8 heavy (non-hydrogen) atoms. The summed E-state index contributed by atoms with van der Waals surface area (Å²) in [6.07, 6.45) is 2.63. The molecule has 1 fully saturated rings. The molecule has 46 valence electrons. The van der Waals surface area contributed by atoms with Crippen LogP contribution in [0, 0.1) is 0 Å². The van der Waals surface area contributed by atoms with Gasteiger partial charge in [-0.25, -0.2) is 0 Å². The van der Waals surface area contributed by atoms with Gasteiger partial charge in [0.1, 0.15) is 0 Å². The molecule has 0 aromatic rings. The third kappa shape index (κ3) is 1.68. The van der Waals surface area contributed by atoms with E-state index in [1.54, 1.807) is 0 Å². The van der Waals surface area contributed by atoms with Crippen molar-refractivity contribution < 1.29 is 23.6 Å². The molecule has 0 unspecified atom stereocenters. The van der Waals surface area contributed by atoms with Crippen LogP contribution < -0.4 is 0 Å². The van der Waals surface area contributed by atoms with Gasteiger partial charge in [-0.15, -0.1) is 0 Å². The maximum absolute atomic E-state index is 9.99. The zero-order chi connectivity index (χ0) is 5.82. The summed E-state index contributed by atoms with van der Waals surface area (Å²) in [4.78, 5) is 9.99. The standard InChI is InChI=1S/C4H8N.CHO.W/c1-2-4-5-3-1;1-2;/h1-4H2;1H;/q-1;;+1. The van der Waals surface area contributed by atoms with Crippen LogP contribution >= 0.6 is 0 Å². The molecule has 0 saturated carbocycles. The molecule has 0 bridgehead atoms. The Balaban J connectivity index is 2.14. The van der Waals surface area contributed by atoms with Gasteiger partial charge in [0.15, 0.2) is 0 Å². The number of hydrogen-bond acceptors (Lipinski definition) is 2.